The summed E-state index contributed by atoms with van der Waals surface area (Å²) in [5.74, 6) is -0.539. The van der Waals surface area contributed by atoms with Crippen molar-refractivity contribution in [1.29, 1.82) is 0 Å². The van der Waals surface area contributed by atoms with Gasteiger partial charge in [-0.1, -0.05) is 13.8 Å². The lowest BCUT2D eigenvalue weighted by Gasteiger charge is -2.05. The minimum absolute atomic E-state index is 0.264. The van der Waals surface area contributed by atoms with E-state index in [1.54, 1.807) is 6.92 Å². The molecule has 2 aromatic rings. The van der Waals surface area contributed by atoms with Crippen molar-refractivity contribution in [3.8, 4) is 0 Å². The second kappa shape index (κ2) is 4.45. The van der Waals surface area contributed by atoms with Crippen LogP contribution in [0.25, 0.3) is 11.0 Å². The first-order valence-corrected chi connectivity index (χ1v) is 5.59. The highest BCUT2D eigenvalue weighted by Crippen LogP contribution is 2.28. The van der Waals surface area contributed by atoms with Gasteiger partial charge in [0.15, 0.2) is 0 Å². The zero-order chi connectivity index (χ0) is 12.6. The SMILES string of the molecule is Cc1c(CNC(C)C)oc2cc(F)cc(F)c12. The Morgan fingerprint density at radius 2 is 2.00 bits per heavy atom. The molecule has 0 amide bonds. The van der Waals surface area contributed by atoms with Gasteiger partial charge in [-0.2, -0.15) is 0 Å². The molecular weight excluding hydrogens is 224 g/mol. The fraction of sp³-hybridized carbons (Fsp3) is 0.385. The zero-order valence-corrected chi connectivity index (χ0v) is 10.1. The molecule has 0 aliphatic carbocycles. The number of hydrogen-bond donors (Lipinski definition) is 1. The van der Waals surface area contributed by atoms with Crippen LogP contribution >= 0.6 is 0 Å². The van der Waals surface area contributed by atoms with Gasteiger partial charge in [-0.25, -0.2) is 8.78 Å². The standard InChI is InChI=1S/C13H15F2NO/c1-7(2)16-6-12-8(3)13-10(15)4-9(14)5-11(13)17-12/h4-5,7,16H,6H2,1-3H3. The van der Waals surface area contributed by atoms with Crippen LogP contribution in [0.3, 0.4) is 0 Å². The van der Waals surface area contributed by atoms with Crippen molar-refractivity contribution < 1.29 is 13.2 Å². The molecule has 2 rings (SSSR count). The Labute approximate surface area is 98.6 Å². The van der Waals surface area contributed by atoms with Crippen LogP contribution in [0.1, 0.15) is 25.2 Å². The van der Waals surface area contributed by atoms with E-state index in [2.05, 4.69) is 5.32 Å². The number of fused-ring (bicyclic) bond motifs is 1. The van der Waals surface area contributed by atoms with E-state index in [4.69, 9.17) is 4.42 Å². The van der Waals surface area contributed by atoms with Crippen LogP contribution in [0.4, 0.5) is 8.78 Å². The maximum Gasteiger partial charge on any atom is 0.140 e. The van der Waals surface area contributed by atoms with Crippen LogP contribution in [0.15, 0.2) is 16.5 Å². The molecule has 4 heteroatoms. The summed E-state index contributed by atoms with van der Waals surface area (Å²) < 4.78 is 32.1. The topological polar surface area (TPSA) is 25.2 Å². The molecule has 0 saturated carbocycles. The predicted octanol–water partition coefficient (Wildman–Crippen LogP) is 3.52. The average Bonchev–Trinajstić information content (AvgIpc) is 2.52. The van der Waals surface area contributed by atoms with Gasteiger partial charge in [0.1, 0.15) is 23.0 Å². The summed E-state index contributed by atoms with van der Waals surface area (Å²) in [4.78, 5) is 0. The van der Waals surface area contributed by atoms with Gasteiger partial charge in [-0.3, -0.25) is 0 Å². The van der Waals surface area contributed by atoms with Gasteiger partial charge in [-0.05, 0) is 6.92 Å². The number of halogens is 2. The Hall–Kier alpha value is -1.42. The maximum absolute atomic E-state index is 13.6. The van der Waals surface area contributed by atoms with Gasteiger partial charge >= 0.3 is 0 Å². The lowest BCUT2D eigenvalue weighted by Crippen LogP contribution is -2.21. The van der Waals surface area contributed by atoms with Crippen molar-refractivity contribution in [3.05, 3.63) is 35.1 Å². The number of hydrogen-bond acceptors (Lipinski definition) is 2. The zero-order valence-electron chi connectivity index (χ0n) is 10.1. The van der Waals surface area contributed by atoms with E-state index in [1.165, 1.54) is 6.07 Å². The summed E-state index contributed by atoms with van der Waals surface area (Å²) in [5.41, 5.74) is 0.992. The molecule has 1 N–H and O–H groups in total. The van der Waals surface area contributed by atoms with E-state index in [0.29, 0.717) is 23.7 Å². The van der Waals surface area contributed by atoms with Gasteiger partial charge in [0.2, 0.25) is 0 Å². The molecule has 0 aliphatic rings. The minimum atomic E-state index is -0.618. The van der Waals surface area contributed by atoms with Crippen LogP contribution in [-0.2, 0) is 6.54 Å². The highest BCUT2D eigenvalue weighted by molar-refractivity contribution is 5.82. The first kappa shape index (κ1) is 12.0. The highest BCUT2D eigenvalue weighted by Gasteiger charge is 2.15. The number of furan rings is 1. The van der Waals surface area contributed by atoms with E-state index in [-0.39, 0.29) is 5.58 Å². The second-order valence-electron chi connectivity index (χ2n) is 4.45. The molecule has 92 valence electrons. The van der Waals surface area contributed by atoms with Crippen molar-refractivity contribution >= 4 is 11.0 Å². The van der Waals surface area contributed by atoms with Gasteiger partial charge < -0.3 is 9.73 Å². The quantitative estimate of drug-likeness (QED) is 0.886. The fourth-order valence-electron chi connectivity index (χ4n) is 1.81. The largest absolute Gasteiger partial charge is 0.459 e. The Morgan fingerprint density at radius 3 is 2.65 bits per heavy atom. The van der Waals surface area contributed by atoms with Crippen molar-refractivity contribution in [1.82, 2.24) is 5.32 Å². The normalized spacial score (nSPS) is 11.6. The Balaban J connectivity index is 2.45. The molecule has 1 heterocycles. The molecule has 1 aromatic carbocycles. The summed E-state index contributed by atoms with van der Waals surface area (Å²) in [6.45, 7) is 6.32. The summed E-state index contributed by atoms with van der Waals surface area (Å²) in [6, 6.07) is 2.40. The van der Waals surface area contributed by atoms with Gasteiger partial charge in [0.05, 0.1) is 11.9 Å². The molecular formula is C13H15F2NO. The molecule has 0 spiro atoms. The van der Waals surface area contributed by atoms with Crippen molar-refractivity contribution in [2.75, 3.05) is 0 Å². The average molecular weight is 239 g/mol. The van der Waals surface area contributed by atoms with E-state index < -0.39 is 11.6 Å². The predicted molar refractivity (Wildman–Crippen MR) is 62.8 cm³/mol. The van der Waals surface area contributed by atoms with Gasteiger partial charge in [0, 0.05) is 23.7 Å². The molecule has 2 nitrogen and oxygen atoms in total. The summed E-state index contributed by atoms with van der Waals surface area (Å²) >= 11 is 0. The number of nitrogens with one attached hydrogen (secondary N) is 1. The molecule has 0 atom stereocenters. The Morgan fingerprint density at radius 1 is 1.29 bits per heavy atom. The van der Waals surface area contributed by atoms with Crippen molar-refractivity contribution in [3.63, 3.8) is 0 Å². The number of aryl methyl sites for hydroxylation is 1. The first-order valence-electron chi connectivity index (χ1n) is 5.59. The van der Waals surface area contributed by atoms with Crippen LogP contribution in [0, 0.1) is 18.6 Å². The third-order valence-electron chi connectivity index (χ3n) is 2.72. The van der Waals surface area contributed by atoms with Crippen molar-refractivity contribution in [2.45, 2.75) is 33.4 Å². The molecule has 0 saturated heterocycles. The van der Waals surface area contributed by atoms with Crippen LogP contribution in [-0.4, -0.2) is 6.04 Å². The summed E-state index contributed by atoms with van der Waals surface area (Å²) in [5, 5.41) is 3.56. The van der Waals surface area contributed by atoms with E-state index >= 15 is 0 Å². The summed E-state index contributed by atoms with van der Waals surface area (Å²) in [7, 11) is 0. The molecule has 17 heavy (non-hydrogen) atoms. The first-order chi connectivity index (χ1) is 7.99. The van der Waals surface area contributed by atoms with E-state index in [9.17, 15) is 8.78 Å². The lowest BCUT2D eigenvalue weighted by molar-refractivity contribution is 0.484. The lowest BCUT2D eigenvalue weighted by atomic mass is 10.1. The second-order valence-corrected chi connectivity index (χ2v) is 4.45. The number of benzene rings is 1. The summed E-state index contributed by atoms with van der Waals surface area (Å²) in [6.07, 6.45) is 0. The molecule has 0 fully saturated rings. The van der Waals surface area contributed by atoms with Crippen LogP contribution in [0.5, 0.6) is 0 Å². The fourth-order valence-corrected chi connectivity index (χ4v) is 1.81. The Bertz CT molecular complexity index is 546. The van der Waals surface area contributed by atoms with Crippen LogP contribution < -0.4 is 5.32 Å². The third-order valence-corrected chi connectivity index (χ3v) is 2.72. The van der Waals surface area contributed by atoms with Gasteiger partial charge in [-0.15, -0.1) is 0 Å². The minimum Gasteiger partial charge on any atom is -0.459 e. The van der Waals surface area contributed by atoms with Gasteiger partial charge in [0.25, 0.3) is 0 Å². The molecule has 0 bridgehead atoms. The number of rotatable bonds is 3. The molecule has 0 aliphatic heterocycles. The molecule has 1 aromatic heterocycles. The van der Waals surface area contributed by atoms with E-state index in [0.717, 1.165) is 11.6 Å². The van der Waals surface area contributed by atoms with E-state index in [1.807, 2.05) is 13.8 Å². The van der Waals surface area contributed by atoms with Crippen LogP contribution in [0.2, 0.25) is 0 Å². The molecule has 0 unspecified atom stereocenters. The maximum atomic E-state index is 13.6. The third kappa shape index (κ3) is 2.31. The molecule has 0 radical (unpaired) electrons. The monoisotopic (exact) mass is 239 g/mol. The smallest absolute Gasteiger partial charge is 0.140 e. The Kier molecular flexibility index (Phi) is 3.15. The van der Waals surface area contributed by atoms with Crippen molar-refractivity contribution in [2.24, 2.45) is 0 Å². The highest BCUT2D eigenvalue weighted by atomic mass is 19.1.